The van der Waals surface area contributed by atoms with Gasteiger partial charge in [0.2, 0.25) is 0 Å². The average Bonchev–Trinajstić information content (AvgIpc) is 3.16. The van der Waals surface area contributed by atoms with E-state index in [0.717, 1.165) is 5.92 Å². The lowest BCUT2D eigenvalue weighted by Crippen LogP contribution is -1.99. The molecular formula is C52H106. The molecule has 0 spiro atoms. The van der Waals surface area contributed by atoms with Gasteiger partial charge in [-0.3, -0.25) is 0 Å². The Hall–Kier alpha value is 0. The van der Waals surface area contributed by atoms with Crippen molar-refractivity contribution >= 4 is 0 Å². The van der Waals surface area contributed by atoms with Crippen LogP contribution in [0.3, 0.4) is 0 Å². The predicted octanol–water partition coefficient (Wildman–Crippen LogP) is 20.4. The van der Waals surface area contributed by atoms with Gasteiger partial charge >= 0.3 is 0 Å². The fourth-order valence-electron chi connectivity index (χ4n) is 8.81. The first kappa shape index (κ1) is 52.0. The lowest BCUT2D eigenvalue weighted by atomic mass is 9.92. The van der Waals surface area contributed by atoms with E-state index >= 15 is 0 Å². The molecule has 0 aromatic rings. The maximum atomic E-state index is 2.45. The third kappa shape index (κ3) is 46.2. The van der Waals surface area contributed by atoms with Gasteiger partial charge in [-0.05, 0) is 5.92 Å². The average molecular weight is 731 g/mol. The van der Waals surface area contributed by atoms with Crippen LogP contribution in [0, 0.1) is 5.92 Å². The van der Waals surface area contributed by atoms with Crippen molar-refractivity contribution in [3.8, 4) is 0 Å². The maximum absolute atomic E-state index is 2.45. The highest BCUT2D eigenvalue weighted by Gasteiger charge is 2.06. The van der Waals surface area contributed by atoms with E-state index in [9.17, 15) is 0 Å². The summed E-state index contributed by atoms with van der Waals surface area (Å²) in [5.41, 5.74) is 0. The third-order valence-corrected chi connectivity index (χ3v) is 12.8. The van der Waals surface area contributed by atoms with Crippen LogP contribution in [0.25, 0.3) is 0 Å². The van der Waals surface area contributed by atoms with Crippen LogP contribution < -0.4 is 0 Å². The first-order chi connectivity index (χ1) is 25.8. The molecular weight excluding hydrogens is 625 g/mol. The van der Waals surface area contributed by atoms with E-state index in [4.69, 9.17) is 0 Å². The van der Waals surface area contributed by atoms with Gasteiger partial charge in [0.05, 0.1) is 0 Å². The molecule has 1 atom stereocenters. The Labute approximate surface area is 333 Å². The smallest absolute Gasteiger partial charge is 0.0417 e. The molecule has 0 radical (unpaired) electrons. The van der Waals surface area contributed by atoms with Crippen LogP contribution in [0.15, 0.2) is 0 Å². The highest BCUT2D eigenvalue weighted by atomic mass is 14.1. The molecule has 0 aliphatic rings. The Kier molecular flexibility index (Phi) is 49.0. The molecule has 0 aliphatic carbocycles. The van der Waals surface area contributed by atoms with E-state index in [1.54, 1.807) is 0 Å². The monoisotopic (exact) mass is 731 g/mol. The fourth-order valence-corrected chi connectivity index (χ4v) is 8.81. The summed E-state index contributed by atoms with van der Waals surface area (Å²) in [4.78, 5) is 0. The van der Waals surface area contributed by atoms with Crippen LogP contribution in [0.2, 0.25) is 0 Å². The van der Waals surface area contributed by atoms with Gasteiger partial charge in [0, 0.05) is 0 Å². The molecule has 0 heteroatoms. The van der Waals surface area contributed by atoms with Gasteiger partial charge in [-0.1, -0.05) is 329 Å². The number of hydrogen-bond donors (Lipinski definition) is 0. The Morgan fingerprint density at radius 1 is 0.173 bits per heavy atom. The van der Waals surface area contributed by atoms with Gasteiger partial charge in [-0.25, -0.2) is 0 Å². The fraction of sp³-hybridized carbons (Fsp3) is 1.00. The highest BCUT2D eigenvalue weighted by molar-refractivity contribution is 4.60. The molecule has 0 rings (SSSR count). The molecule has 314 valence electrons. The zero-order chi connectivity index (χ0) is 37.5. The van der Waals surface area contributed by atoms with Crippen molar-refractivity contribution < 1.29 is 0 Å². The first-order valence-corrected chi connectivity index (χ1v) is 25.8. The summed E-state index contributed by atoms with van der Waals surface area (Å²) >= 11 is 0. The normalized spacial score (nSPS) is 12.3. The second kappa shape index (κ2) is 49.0. The van der Waals surface area contributed by atoms with Crippen molar-refractivity contribution in [1.29, 1.82) is 0 Å². The van der Waals surface area contributed by atoms with Crippen molar-refractivity contribution in [3.05, 3.63) is 0 Å². The van der Waals surface area contributed by atoms with Gasteiger partial charge in [-0.2, -0.15) is 0 Å². The summed E-state index contributed by atoms with van der Waals surface area (Å²) in [5, 5.41) is 0. The third-order valence-electron chi connectivity index (χ3n) is 12.8. The molecule has 0 heterocycles. The molecule has 0 aliphatic heterocycles. The van der Waals surface area contributed by atoms with E-state index in [1.165, 1.54) is 308 Å². The molecule has 0 fully saturated rings. The second-order valence-electron chi connectivity index (χ2n) is 18.1. The van der Waals surface area contributed by atoms with Gasteiger partial charge in [0.25, 0.3) is 0 Å². The van der Waals surface area contributed by atoms with Crippen molar-refractivity contribution in [3.63, 3.8) is 0 Å². The Balaban J connectivity index is 3.23. The summed E-state index contributed by atoms with van der Waals surface area (Å²) in [5.74, 6) is 1.01. The van der Waals surface area contributed by atoms with Crippen molar-refractivity contribution in [2.75, 3.05) is 0 Å². The molecule has 0 saturated heterocycles. The molecule has 0 saturated carbocycles. The van der Waals surface area contributed by atoms with E-state index in [-0.39, 0.29) is 0 Å². The van der Waals surface area contributed by atoms with Gasteiger partial charge in [-0.15, -0.1) is 0 Å². The standard InChI is InChI=1S/C52H106/c1-4-7-9-11-13-15-17-19-21-23-25-27-29-31-33-35-37-39-41-43-45-47-49-51-52(6-3)50-48-46-44-42-40-38-36-34-32-30-28-26-24-22-20-18-16-14-12-10-8-5-2/h52H,4-51H2,1-3H3. The minimum Gasteiger partial charge on any atom is -0.0654 e. The molecule has 0 aromatic heterocycles. The molecule has 0 nitrogen and oxygen atoms in total. The van der Waals surface area contributed by atoms with Gasteiger partial charge in [0.1, 0.15) is 0 Å². The van der Waals surface area contributed by atoms with E-state index in [2.05, 4.69) is 20.8 Å². The topological polar surface area (TPSA) is 0 Å². The highest BCUT2D eigenvalue weighted by Crippen LogP contribution is 2.23. The molecule has 0 aromatic carbocycles. The van der Waals surface area contributed by atoms with Crippen LogP contribution in [0.1, 0.15) is 329 Å². The molecule has 0 amide bonds. The van der Waals surface area contributed by atoms with Crippen LogP contribution in [0.4, 0.5) is 0 Å². The second-order valence-corrected chi connectivity index (χ2v) is 18.1. The van der Waals surface area contributed by atoms with Crippen molar-refractivity contribution in [2.24, 2.45) is 5.92 Å². The zero-order valence-corrected chi connectivity index (χ0v) is 37.5. The zero-order valence-electron chi connectivity index (χ0n) is 37.5. The predicted molar refractivity (Wildman–Crippen MR) is 242 cm³/mol. The minimum absolute atomic E-state index is 1.01. The van der Waals surface area contributed by atoms with E-state index in [1.807, 2.05) is 0 Å². The quantitative estimate of drug-likeness (QED) is 0.0547. The summed E-state index contributed by atoms with van der Waals surface area (Å²) in [6, 6.07) is 0. The lowest BCUT2D eigenvalue weighted by Gasteiger charge is -2.14. The van der Waals surface area contributed by atoms with E-state index in [0.29, 0.717) is 0 Å². The van der Waals surface area contributed by atoms with Crippen LogP contribution >= 0.6 is 0 Å². The Morgan fingerprint density at radius 2 is 0.308 bits per heavy atom. The Bertz CT molecular complexity index is 579. The van der Waals surface area contributed by atoms with Crippen molar-refractivity contribution in [1.82, 2.24) is 0 Å². The Morgan fingerprint density at radius 3 is 0.442 bits per heavy atom. The number of rotatable bonds is 48. The minimum atomic E-state index is 1.01. The number of unbranched alkanes of at least 4 members (excludes halogenated alkanes) is 43. The summed E-state index contributed by atoms with van der Waals surface area (Å²) in [6.07, 6.45) is 71.2. The van der Waals surface area contributed by atoms with Gasteiger partial charge in [0.15, 0.2) is 0 Å². The van der Waals surface area contributed by atoms with E-state index < -0.39 is 0 Å². The van der Waals surface area contributed by atoms with Crippen LogP contribution in [0.5, 0.6) is 0 Å². The largest absolute Gasteiger partial charge is 0.0654 e. The van der Waals surface area contributed by atoms with Crippen LogP contribution in [-0.4, -0.2) is 0 Å². The molecule has 0 bridgehead atoms. The summed E-state index contributed by atoms with van der Waals surface area (Å²) < 4.78 is 0. The molecule has 1 unspecified atom stereocenters. The maximum Gasteiger partial charge on any atom is -0.0417 e. The van der Waals surface area contributed by atoms with Gasteiger partial charge < -0.3 is 0 Å². The first-order valence-electron chi connectivity index (χ1n) is 25.8. The molecule has 52 heavy (non-hydrogen) atoms. The summed E-state index contributed by atoms with van der Waals surface area (Å²) in [6.45, 7) is 7.07. The van der Waals surface area contributed by atoms with Crippen molar-refractivity contribution in [2.45, 2.75) is 329 Å². The molecule has 0 N–H and O–H groups in total. The van der Waals surface area contributed by atoms with Crippen LogP contribution in [-0.2, 0) is 0 Å². The lowest BCUT2D eigenvalue weighted by molar-refractivity contribution is 0.392. The SMILES string of the molecule is CCCCCCCCCCCCCCCCCCCCCCCCCC(CC)CCCCCCCCCCCCCCCCCCCCCCCC. The number of hydrogen-bond acceptors (Lipinski definition) is 0. The summed E-state index contributed by atoms with van der Waals surface area (Å²) in [7, 11) is 0.